The third kappa shape index (κ3) is 5.65. The molecular weight excluding hydrogens is 284 g/mol. The van der Waals surface area contributed by atoms with Crippen LogP contribution in [0.15, 0.2) is 0 Å². The minimum atomic E-state index is -1.15. The van der Waals surface area contributed by atoms with E-state index in [1.165, 1.54) is 13.8 Å². The summed E-state index contributed by atoms with van der Waals surface area (Å²) in [7, 11) is 0. The Morgan fingerprint density at radius 3 is 2.64 bits per heavy atom. The van der Waals surface area contributed by atoms with E-state index in [1.807, 2.05) is 6.92 Å². The van der Waals surface area contributed by atoms with Crippen LogP contribution in [0, 0.1) is 17.2 Å². The number of nitrogens with zero attached hydrogens (tertiary/aromatic N) is 1. The monoisotopic (exact) mass is 312 g/mol. The predicted octanol–water partition coefficient (Wildman–Crippen LogP) is 1.03. The third-order valence-electron chi connectivity index (χ3n) is 3.88. The third-order valence-corrected chi connectivity index (χ3v) is 3.88. The van der Waals surface area contributed by atoms with E-state index in [0.29, 0.717) is 18.6 Å². The van der Waals surface area contributed by atoms with Gasteiger partial charge in [-0.2, -0.15) is 5.26 Å². The fourth-order valence-electron chi connectivity index (χ4n) is 2.79. The molecule has 0 aromatic rings. The van der Waals surface area contributed by atoms with Crippen LogP contribution in [0.1, 0.15) is 40.5 Å². The molecule has 0 aromatic carbocycles. The molecule has 0 radical (unpaired) electrons. The number of hydrogen-bond acceptors (Lipinski definition) is 6. The molecule has 2 heterocycles. The molecule has 4 atom stereocenters. The van der Waals surface area contributed by atoms with Crippen LogP contribution in [0.2, 0.25) is 0 Å². The van der Waals surface area contributed by atoms with Crippen molar-refractivity contribution in [1.82, 2.24) is 5.32 Å². The van der Waals surface area contributed by atoms with Gasteiger partial charge in [0.2, 0.25) is 0 Å². The molecular formula is C16H28N2O4. The number of aliphatic hydroxyl groups is 1. The van der Waals surface area contributed by atoms with Crippen molar-refractivity contribution in [2.75, 3.05) is 19.8 Å². The maximum absolute atomic E-state index is 10.9. The summed E-state index contributed by atoms with van der Waals surface area (Å²) in [5.74, 6) is 0.349. The van der Waals surface area contributed by atoms with Crippen LogP contribution >= 0.6 is 0 Å². The zero-order valence-corrected chi connectivity index (χ0v) is 14.0. The van der Waals surface area contributed by atoms with Crippen LogP contribution in [-0.4, -0.2) is 54.5 Å². The molecule has 2 saturated heterocycles. The second kappa shape index (κ2) is 8.02. The summed E-state index contributed by atoms with van der Waals surface area (Å²) < 4.78 is 11.3. The summed E-state index contributed by atoms with van der Waals surface area (Å²) >= 11 is 0. The van der Waals surface area contributed by atoms with Crippen LogP contribution in [0.3, 0.4) is 0 Å². The fourth-order valence-corrected chi connectivity index (χ4v) is 2.79. The van der Waals surface area contributed by atoms with E-state index in [-0.39, 0.29) is 6.10 Å². The highest BCUT2D eigenvalue weighted by Gasteiger charge is 2.44. The van der Waals surface area contributed by atoms with Gasteiger partial charge in [-0.25, -0.2) is 0 Å². The Morgan fingerprint density at radius 1 is 1.55 bits per heavy atom. The van der Waals surface area contributed by atoms with Gasteiger partial charge in [-0.1, -0.05) is 6.92 Å². The van der Waals surface area contributed by atoms with Gasteiger partial charge in [0.15, 0.2) is 6.29 Å². The number of nitriles is 1. The molecule has 2 fully saturated rings. The van der Waals surface area contributed by atoms with Crippen molar-refractivity contribution in [3.8, 4) is 6.07 Å². The van der Waals surface area contributed by atoms with E-state index >= 15 is 0 Å². The standard InChI is InChI=1S/C12H21NO3.C4H7NO/c1-3-13-10-4-5-15-11(10)9-6-12(2,8-14)16-7-9;1-4(2,6)3-5/h8-11,13H,3-7H2,1-2H3;6H,1-2H3. The lowest BCUT2D eigenvalue weighted by molar-refractivity contribution is -0.123. The number of nitrogens with one attached hydrogen (secondary N) is 1. The first kappa shape index (κ1) is 19.0. The summed E-state index contributed by atoms with van der Waals surface area (Å²) in [6.07, 6.45) is 2.97. The average molecular weight is 312 g/mol. The quantitative estimate of drug-likeness (QED) is 0.595. The van der Waals surface area contributed by atoms with E-state index < -0.39 is 11.2 Å². The number of carbonyl (C=O) groups excluding carboxylic acids is 1. The van der Waals surface area contributed by atoms with Gasteiger partial charge >= 0.3 is 0 Å². The van der Waals surface area contributed by atoms with Gasteiger partial charge in [-0.05, 0) is 40.2 Å². The van der Waals surface area contributed by atoms with E-state index in [0.717, 1.165) is 32.3 Å². The van der Waals surface area contributed by atoms with Gasteiger partial charge in [0.1, 0.15) is 11.2 Å². The zero-order chi connectivity index (χ0) is 16.8. The molecule has 2 N–H and O–H groups in total. The van der Waals surface area contributed by atoms with Crippen molar-refractivity contribution in [1.29, 1.82) is 5.26 Å². The van der Waals surface area contributed by atoms with Crippen molar-refractivity contribution in [3.63, 3.8) is 0 Å². The minimum Gasteiger partial charge on any atom is -0.376 e. The number of ether oxygens (including phenoxy) is 2. The lowest BCUT2D eigenvalue weighted by atomic mass is 9.89. The molecule has 0 amide bonds. The predicted molar refractivity (Wildman–Crippen MR) is 82.3 cm³/mol. The van der Waals surface area contributed by atoms with Gasteiger partial charge in [0.05, 0.1) is 18.8 Å². The summed E-state index contributed by atoms with van der Waals surface area (Å²) in [4.78, 5) is 10.9. The number of rotatable bonds is 4. The van der Waals surface area contributed by atoms with Gasteiger partial charge < -0.3 is 24.7 Å². The Morgan fingerprint density at radius 2 is 2.18 bits per heavy atom. The van der Waals surface area contributed by atoms with E-state index in [4.69, 9.17) is 19.8 Å². The second-order valence-electron chi connectivity index (χ2n) is 6.66. The first-order valence-corrected chi connectivity index (χ1v) is 7.83. The smallest absolute Gasteiger partial charge is 0.151 e. The topological polar surface area (TPSA) is 91.6 Å². The molecule has 0 aliphatic carbocycles. The Kier molecular flexibility index (Phi) is 6.95. The van der Waals surface area contributed by atoms with Gasteiger partial charge in [-0.15, -0.1) is 0 Å². The molecule has 0 bridgehead atoms. The van der Waals surface area contributed by atoms with Crippen LogP contribution < -0.4 is 5.32 Å². The second-order valence-corrected chi connectivity index (χ2v) is 6.66. The van der Waals surface area contributed by atoms with Crippen LogP contribution in [-0.2, 0) is 14.3 Å². The summed E-state index contributed by atoms with van der Waals surface area (Å²) in [5.41, 5.74) is -1.74. The highest BCUT2D eigenvalue weighted by Crippen LogP contribution is 2.34. The van der Waals surface area contributed by atoms with Crippen molar-refractivity contribution in [3.05, 3.63) is 0 Å². The molecule has 0 saturated carbocycles. The van der Waals surface area contributed by atoms with Crippen molar-refractivity contribution in [2.24, 2.45) is 5.92 Å². The summed E-state index contributed by atoms with van der Waals surface area (Å²) in [6.45, 7) is 9.26. The fraction of sp³-hybridized carbons (Fsp3) is 0.875. The summed E-state index contributed by atoms with van der Waals surface area (Å²) in [5, 5.41) is 19.8. The van der Waals surface area contributed by atoms with Crippen molar-refractivity contribution in [2.45, 2.75) is 63.9 Å². The van der Waals surface area contributed by atoms with E-state index in [2.05, 4.69) is 12.2 Å². The highest BCUT2D eigenvalue weighted by molar-refractivity contribution is 5.62. The molecule has 2 aliphatic rings. The molecule has 22 heavy (non-hydrogen) atoms. The Labute approximate surface area is 132 Å². The first-order chi connectivity index (χ1) is 10.2. The Balaban J connectivity index is 0.000000346. The molecule has 126 valence electrons. The lowest BCUT2D eigenvalue weighted by Gasteiger charge is -2.24. The number of carbonyl (C=O) groups is 1. The minimum absolute atomic E-state index is 0.210. The highest BCUT2D eigenvalue weighted by atomic mass is 16.5. The normalized spacial score (nSPS) is 34.6. The lowest BCUT2D eigenvalue weighted by Crippen LogP contribution is -2.41. The van der Waals surface area contributed by atoms with Crippen molar-refractivity contribution >= 4 is 6.29 Å². The number of likely N-dealkylation sites (N-methyl/N-ethyl adjacent to an activating group) is 1. The number of aldehydes is 1. The zero-order valence-electron chi connectivity index (χ0n) is 14.0. The van der Waals surface area contributed by atoms with Gasteiger partial charge in [0.25, 0.3) is 0 Å². The molecule has 4 unspecified atom stereocenters. The summed E-state index contributed by atoms with van der Waals surface area (Å²) in [6, 6.07) is 2.08. The molecule has 6 nitrogen and oxygen atoms in total. The Hall–Kier alpha value is -1.00. The van der Waals surface area contributed by atoms with Crippen molar-refractivity contribution < 1.29 is 19.4 Å². The first-order valence-electron chi connectivity index (χ1n) is 7.83. The van der Waals surface area contributed by atoms with Gasteiger partial charge in [0, 0.05) is 18.6 Å². The maximum Gasteiger partial charge on any atom is 0.151 e. The maximum atomic E-state index is 10.9. The van der Waals surface area contributed by atoms with E-state index in [9.17, 15) is 4.79 Å². The Bertz CT molecular complexity index is 402. The molecule has 2 rings (SSSR count). The molecule has 2 aliphatic heterocycles. The van der Waals surface area contributed by atoms with E-state index in [1.54, 1.807) is 6.07 Å². The van der Waals surface area contributed by atoms with Crippen LogP contribution in [0.5, 0.6) is 0 Å². The molecule has 6 heteroatoms. The molecule has 0 spiro atoms. The molecule has 0 aromatic heterocycles. The SMILES string of the molecule is CC(C)(O)C#N.CCNC1CCOC1C1COC(C)(C=O)C1. The largest absolute Gasteiger partial charge is 0.376 e. The van der Waals surface area contributed by atoms with Crippen LogP contribution in [0.25, 0.3) is 0 Å². The van der Waals surface area contributed by atoms with Crippen LogP contribution in [0.4, 0.5) is 0 Å². The van der Waals surface area contributed by atoms with Gasteiger partial charge in [-0.3, -0.25) is 0 Å². The number of hydrogen-bond donors (Lipinski definition) is 2. The average Bonchev–Trinajstić information content (AvgIpc) is 3.06.